The number of benzene rings is 1. The Bertz CT molecular complexity index is 1400. The molecule has 4 aromatic rings. The Morgan fingerprint density at radius 2 is 2.06 bits per heavy atom. The Kier molecular flexibility index (Phi) is 5.83. The van der Waals surface area contributed by atoms with Gasteiger partial charge in [-0.25, -0.2) is 4.98 Å². The molecule has 7 nitrogen and oxygen atoms in total. The second-order valence-corrected chi connectivity index (χ2v) is 8.55. The summed E-state index contributed by atoms with van der Waals surface area (Å²) in [7, 11) is 0. The van der Waals surface area contributed by atoms with Crippen LogP contribution in [0, 0.1) is 6.92 Å². The van der Waals surface area contributed by atoms with Gasteiger partial charge in [0.15, 0.2) is 0 Å². The molecule has 0 bridgehead atoms. The molecule has 1 aliphatic heterocycles. The zero-order valence-electron chi connectivity index (χ0n) is 18.5. The fourth-order valence-corrected chi connectivity index (χ4v) is 4.42. The van der Waals surface area contributed by atoms with E-state index >= 15 is 0 Å². The Balaban J connectivity index is 1.56. The van der Waals surface area contributed by atoms with Crippen molar-refractivity contribution in [1.29, 1.82) is 0 Å². The quantitative estimate of drug-likeness (QED) is 0.463. The molecular formula is C25H24ClN5O2. The highest BCUT2D eigenvalue weighted by atomic mass is 35.5. The molecule has 1 unspecified atom stereocenters. The molecule has 33 heavy (non-hydrogen) atoms. The van der Waals surface area contributed by atoms with Gasteiger partial charge in [-0.05, 0) is 44.5 Å². The van der Waals surface area contributed by atoms with Crippen LogP contribution in [0.4, 0.5) is 5.95 Å². The fourth-order valence-electron chi connectivity index (χ4n) is 4.14. The van der Waals surface area contributed by atoms with Crippen LogP contribution < -0.4 is 10.9 Å². The fraction of sp³-hybridized carbons (Fsp3) is 0.280. The van der Waals surface area contributed by atoms with Crippen molar-refractivity contribution < 1.29 is 4.74 Å². The minimum absolute atomic E-state index is 0.137. The molecule has 0 spiro atoms. The first-order valence-corrected chi connectivity index (χ1v) is 11.4. The number of hydrogen-bond acceptors (Lipinski definition) is 6. The van der Waals surface area contributed by atoms with Gasteiger partial charge >= 0.3 is 0 Å². The highest BCUT2D eigenvalue weighted by molar-refractivity contribution is 6.33. The molecular weight excluding hydrogens is 438 g/mol. The number of aryl methyl sites for hydroxylation is 2. The number of nitrogens with zero attached hydrogens (tertiary/aromatic N) is 4. The third kappa shape index (κ3) is 4.21. The van der Waals surface area contributed by atoms with Crippen molar-refractivity contribution in [3.05, 3.63) is 69.7 Å². The van der Waals surface area contributed by atoms with Gasteiger partial charge in [0.05, 0.1) is 18.3 Å². The Hall–Kier alpha value is -3.29. The molecule has 168 valence electrons. The van der Waals surface area contributed by atoms with Crippen molar-refractivity contribution in [2.75, 3.05) is 18.5 Å². The third-order valence-corrected chi connectivity index (χ3v) is 6.16. The second-order valence-electron chi connectivity index (χ2n) is 8.14. The normalized spacial score (nSPS) is 15.8. The van der Waals surface area contributed by atoms with Crippen LogP contribution in [-0.2, 0) is 11.3 Å². The molecule has 3 aromatic heterocycles. The first-order chi connectivity index (χ1) is 16.0. The molecule has 1 saturated heterocycles. The van der Waals surface area contributed by atoms with Crippen LogP contribution in [0.5, 0.6) is 0 Å². The number of aromatic nitrogens is 4. The standard InChI is InChI=1S/C25H24ClN5O2/c1-3-31-23-17(13-27-25(30-23)29-18-9-10-33-14-18)11-20(24(31)32)19-8-7-16(12-21(19)26)22-6-4-5-15(2)28-22/h4-8,11-13,18H,3,9-10,14H2,1-2H3,(H,27,29,30). The number of halogens is 1. The minimum atomic E-state index is -0.137. The summed E-state index contributed by atoms with van der Waals surface area (Å²) in [5.74, 6) is 0.500. The van der Waals surface area contributed by atoms with E-state index in [9.17, 15) is 4.79 Å². The summed E-state index contributed by atoms with van der Waals surface area (Å²) < 4.78 is 7.07. The summed E-state index contributed by atoms with van der Waals surface area (Å²) in [4.78, 5) is 27.1. The maximum Gasteiger partial charge on any atom is 0.260 e. The summed E-state index contributed by atoms with van der Waals surface area (Å²) in [5.41, 5.74) is 4.33. The van der Waals surface area contributed by atoms with Crippen molar-refractivity contribution in [3.63, 3.8) is 0 Å². The molecule has 4 heterocycles. The van der Waals surface area contributed by atoms with Gasteiger partial charge in [-0.1, -0.05) is 29.8 Å². The first-order valence-electron chi connectivity index (χ1n) is 11.0. The van der Waals surface area contributed by atoms with Crippen molar-refractivity contribution in [3.8, 4) is 22.4 Å². The van der Waals surface area contributed by atoms with E-state index in [2.05, 4.69) is 20.3 Å². The predicted octanol–water partition coefficient (Wildman–Crippen LogP) is 4.70. The summed E-state index contributed by atoms with van der Waals surface area (Å²) >= 11 is 6.66. The Morgan fingerprint density at radius 3 is 2.79 bits per heavy atom. The average Bonchev–Trinajstić information content (AvgIpc) is 3.32. The summed E-state index contributed by atoms with van der Waals surface area (Å²) in [6.07, 6.45) is 2.65. The molecule has 1 fully saturated rings. The summed E-state index contributed by atoms with van der Waals surface area (Å²) in [5, 5.41) is 4.57. The van der Waals surface area contributed by atoms with E-state index in [0.29, 0.717) is 40.9 Å². The van der Waals surface area contributed by atoms with E-state index < -0.39 is 0 Å². The minimum Gasteiger partial charge on any atom is -0.379 e. The van der Waals surface area contributed by atoms with E-state index in [0.717, 1.165) is 35.4 Å². The molecule has 1 N–H and O–H groups in total. The number of hydrogen-bond donors (Lipinski definition) is 1. The van der Waals surface area contributed by atoms with Crippen LogP contribution in [-0.4, -0.2) is 38.8 Å². The maximum absolute atomic E-state index is 13.4. The maximum atomic E-state index is 13.4. The Labute approximate surface area is 196 Å². The number of rotatable bonds is 5. The molecule has 5 rings (SSSR count). The van der Waals surface area contributed by atoms with Crippen molar-refractivity contribution in [1.82, 2.24) is 19.5 Å². The number of nitrogens with one attached hydrogen (secondary N) is 1. The highest BCUT2D eigenvalue weighted by Gasteiger charge is 2.18. The monoisotopic (exact) mass is 461 g/mol. The zero-order valence-corrected chi connectivity index (χ0v) is 19.3. The SMILES string of the molecule is CCn1c(=O)c(-c2ccc(-c3cccc(C)n3)cc2Cl)cc2cnc(NC3CCOC3)nc21. The lowest BCUT2D eigenvalue weighted by molar-refractivity contribution is 0.195. The number of pyridine rings is 2. The van der Waals surface area contributed by atoms with E-state index in [4.69, 9.17) is 16.3 Å². The van der Waals surface area contributed by atoms with Crippen molar-refractivity contribution >= 4 is 28.6 Å². The molecule has 0 amide bonds. The van der Waals surface area contributed by atoms with Gasteiger partial charge in [0, 0.05) is 52.1 Å². The third-order valence-electron chi connectivity index (χ3n) is 5.85. The van der Waals surface area contributed by atoms with Crippen molar-refractivity contribution in [2.24, 2.45) is 0 Å². The molecule has 1 atom stereocenters. The van der Waals surface area contributed by atoms with Gasteiger partial charge in [-0.3, -0.25) is 14.3 Å². The van der Waals surface area contributed by atoms with Crippen LogP contribution in [0.15, 0.2) is 53.5 Å². The summed E-state index contributed by atoms with van der Waals surface area (Å²) in [6.45, 7) is 5.72. The van der Waals surface area contributed by atoms with Gasteiger partial charge in [0.25, 0.3) is 5.56 Å². The molecule has 0 saturated carbocycles. The highest BCUT2D eigenvalue weighted by Crippen LogP contribution is 2.31. The van der Waals surface area contributed by atoms with Crippen molar-refractivity contribution in [2.45, 2.75) is 32.9 Å². The van der Waals surface area contributed by atoms with Crippen LogP contribution in [0.2, 0.25) is 5.02 Å². The largest absolute Gasteiger partial charge is 0.379 e. The lowest BCUT2D eigenvalue weighted by atomic mass is 10.0. The van der Waals surface area contributed by atoms with Gasteiger partial charge in [0.2, 0.25) is 5.95 Å². The number of anilines is 1. The van der Waals surface area contributed by atoms with E-state index in [1.807, 2.05) is 56.3 Å². The van der Waals surface area contributed by atoms with E-state index in [1.165, 1.54) is 0 Å². The second kappa shape index (κ2) is 8.92. The zero-order chi connectivity index (χ0) is 22.9. The summed E-state index contributed by atoms with van der Waals surface area (Å²) in [6, 6.07) is 13.5. The lowest BCUT2D eigenvalue weighted by Gasteiger charge is -2.14. The Morgan fingerprint density at radius 1 is 1.18 bits per heavy atom. The number of ether oxygens (including phenoxy) is 1. The number of fused-ring (bicyclic) bond motifs is 1. The molecule has 0 radical (unpaired) electrons. The van der Waals surface area contributed by atoms with Gasteiger partial charge in [-0.2, -0.15) is 4.98 Å². The van der Waals surface area contributed by atoms with Crippen LogP contribution in [0.25, 0.3) is 33.4 Å². The average molecular weight is 462 g/mol. The van der Waals surface area contributed by atoms with E-state index in [1.54, 1.807) is 10.8 Å². The lowest BCUT2D eigenvalue weighted by Crippen LogP contribution is -2.24. The topological polar surface area (TPSA) is 81.9 Å². The van der Waals surface area contributed by atoms with Crippen LogP contribution in [0.3, 0.4) is 0 Å². The molecule has 1 aliphatic rings. The van der Waals surface area contributed by atoms with Gasteiger partial charge < -0.3 is 10.1 Å². The molecule has 8 heteroatoms. The van der Waals surface area contributed by atoms with Gasteiger partial charge in [-0.15, -0.1) is 0 Å². The predicted molar refractivity (Wildman–Crippen MR) is 131 cm³/mol. The first kappa shape index (κ1) is 21.6. The van der Waals surface area contributed by atoms with Crippen LogP contribution in [0.1, 0.15) is 19.0 Å². The van der Waals surface area contributed by atoms with Gasteiger partial charge in [0.1, 0.15) is 5.65 Å². The smallest absolute Gasteiger partial charge is 0.260 e. The molecule has 1 aromatic carbocycles. The van der Waals surface area contributed by atoms with E-state index in [-0.39, 0.29) is 11.6 Å². The van der Waals surface area contributed by atoms with Crippen LogP contribution >= 0.6 is 11.6 Å². The molecule has 0 aliphatic carbocycles.